The molecule has 1 unspecified atom stereocenters. The minimum Gasteiger partial charge on any atom is -0.481 e. The normalized spacial score (nSPS) is 19.8. The SMILES string of the molecule is COc1ccc2nc(CCl)n(C3CCCOC3)c2n1. The average Bonchev–Trinajstić information content (AvgIpc) is 2.85. The summed E-state index contributed by atoms with van der Waals surface area (Å²) in [6.07, 6.45) is 2.12. The molecule has 19 heavy (non-hydrogen) atoms. The van der Waals surface area contributed by atoms with Gasteiger partial charge < -0.3 is 14.0 Å². The Morgan fingerprint density at radius 3 is 3.05 bits per heavy atom. The van der Waals surface area contributed by atoms with E-state index in [0.29, 0.717) is 18.4 Å². The highest BCUT2D eigenvalue weighted by Crippen LogP contribution is 2.27. The lowest BCUT2D eigenvalue weighted by Gasteiger charge is -2.25. The lowest BCUT2D eigenvalue weighted by molar-refractivity contribution is 0.0595. The molecule has 3 rings (SSSR count). The van der Waals surface area contributed by atoms with Gasteiger partial charge in [-0.2, -0.15) is 4.98 Å². The summed E-state index contributed by atoms with van der Waals surface area (Å²) in [6.45, 7) is 1.52. The number of halogens is 1. The Balaban J connectivity index is 2.12. The molecule has 0 radical (unpaired) electrons. The minimum atomic E-state index is 0.257. The molecule has 5 nitrogen and oxygen atoms in total. The molecule has 0 aliphatic carbocycles. The molecule has 0 saturated carbocycles. The van der Waals surface area contributed by atoms with E-state index in [1.807, 2.05) is 12.1 Å². The molecule has 1 aliphatic rings. The van der Waals surface area contributed by atoms with Crippen LogP contribution in [0.5, 0.6) is 5.88 Å². The first-order chi connectivity index (χ1) is 9.33. The number of fused-ring (bicyclic) bond motifs is 1. The maximum Gasteiger partial charge on any atom is 0.215 e. The number of hydrogen-bond acceptors (Lipinski definition) is 4. The summed E-state index contributed by atoms with van der Waals surface area (Å²) in [7, 11) is 1.61. The van der Waals surface area contributed by atoms with Gasteiger partial charge >= 0.3 is 0 Å². The molecule has 0 N–H and O–H groups in total. The quantitative estimate of drug-likeness (QED) is 0.811. The third-order valence-corrected chi connectivity index (χ3v) is 3.65. The van der Waals surface area contributed by atoms with Gasteiger partial charge in [0.15, 0.2) is 5.65 Å². The maximum atomic E-state index is 6.01. The zero-order valence-corrected chi connectivity index (χ0v) is 11.6. The lowest BCUT2D eigenvalue weighted by Crippen LogP contribution is -2.22. The molecule has 0 bridgehead atoms. The third kappa shape index (κ3) is 2.28. The second-order valence-corrected chi connectivity index (χ2v) is 4.87. The van der Waals surface area contributed by atoms with E-state index in [-0.39, 0.29) is 6.04 Å². The molecule has 1 fully saturated rings. The van der Waals surface area contributed by atoms with Crippen LogP contribution in [-0.4, -0.2) is 34.9 Å². The molecule has 0 amide bonds. The van der Waals surface area contributed by atoms with Gasteiger partial charge in [-0.1, -0.05) is 0 Å². The summed E-state index contributed by atoms with van der Waals surface area (Å²) in [5, 5.41) is 0. The van der Waals surface area contributed by atoms with Crippen LogP contribution in [-0.2, 0) is 10.6 Å². The van der Waals surface area contributed by atoms with E-state index in [9.17, 15) is 0 Å². The van der Waals surface area contributed by atoms with E-state index in [4.69, 9.17) is 21.1 Å². The molecule has 1 saturated heterocycles. The van der Waals surface area contributed by atoms with Gasteiger partial charge in [0.05, 0.1) is 25.6 Å². The smallest absolute Gasteiger partial charge is 0.215 e. The molecule has 2 aromatic heterocycles. The van der Waals surface area contributed by atoms with Crippen molar-refractivity contribution < 1.29 is 9.47 Å². The number of nitrogens with zero attached hydrogens (tertiary/aromatic N) is 3. The van der Waals surface area contributed by atoms with Crippen LogP contribution in [0, 0.1) is 0 Å². The lowest BCUT2D eigenvalue weighted by atomic mass is 10.1. The first kappa shape index (κ1) is 12.7. The molecular formula is C13H16ClN3O2. The Morgan fingerprint density at radius 1 is 1.47 bits per heavy atom. The first-order valence-corrected chi connectivity index (χ1v) is 6.92. The van der Waals surface area contributed by atoms with Crippen LogP contribution in [0.25, 0.3) is 11.2 Å². The van der Waals surface area contributed by atoms with Crippen molar-refractivity contribution in [2.24, 2.45) is 0 Å². The van der Waals surface area contributed by atoms with E-state index < -0.39 is 0 Å². The van der Waals surface area contributed by atoms with Crippen LogP contribution in [0.3, 0.4) is 0 Å². The van der Waals surface area contributed by atoms with Crippen molar-refractivity contribution in [3.05, 3.63) is 18.0 Å². The molecule has 2 aromatic rings. The monoisotopic (exact) mass is 281 g/mol. The summed E-state index contributed by atoms with van der Waals surface area (Å²) in [5.74, 6) is 1.80. The van der Waals surface area contributed by atoms with E-state index >= 15 is 0 Å². The van der Waals surface area contributed by atoms with E-state index in [0.717, 1.165) is 36.4 Å². The van der Waals surface area contributed by atoms with Crippen molar-refractivity contribution in [1.82, 2.24) is 14.5 Å². The van der Waals surface area contributed by atoms with Crippen molar-refractivity contribution in [2.75, 3.05) is 20.3 Å². The second-order valence-electron chi connectivity index (χ2n) is 4.60. The van der Waals surface area contributed by atoms with Gasteiger partial charge in [0.25, 0.3) is 0 Å². The Morgan fingerprint density at radius 2 is 2.37 bits per heavy atom. The van der Waals surface area contributed by atoms with E-state index in [2.05, 4.69) is 14.5 Å². The average molecular weight is 282 g/mol. The van der Waals surface area contributed by atoms with Gasteiger partial charge in [0.1, 0.15) is 11.3 Å². The maximum absolute atomic E-state index is 6.01. The minimum absolute atomic E-state index is 0.257. The summed E-state index contributed by atoms with van der Waals surface area (Å²) in [4.78, 5) is 9.04. The second kappa shape index (κ2) is 5.35. The standard InChI is InChI=1S/C13H16ClN3O2/c1-18-12-5-4-10-13(16-12)17(11(7-14)15-10)9-3-2-6-19-8-9/h4-5,9H,2-3,6-8H2,1H3. The van der Waals surface area contributed by atoms with Gasteiger partial charge in [-0.3, -0.25) is 0 Å². The third-order valence-electron chi connectivity index (χ3n) is 3.41. The van der Waals surface area contributed by atoms with Crippen LogP contribution < -0.4 is 4.74 Å². The molecule has 1 atom stereocenters. The molecule has 0 spiro atoms. The molecule has 6 heteroatoms. The fraction of sp³-hybridized carbons (Fsp3) is 0.538. The van der Waals surface area contributed by atoms with Crippen molar-refractivity contribution in [1.29, 1.82) is 0 Å². The van der Waals surface area contributed by atoms with Gasteiger partial charge in [-0.25, -0.2) is 4.98 Å². The van der Waals surface area contributed by atoms with Crippen molar-refractivity contribution in [3.8, 4) is 5.88 Å². The Kier molecular flexibility index (Phi) is 3.57. The largest absolute Gasteiger partial charge is 0.481 e. The number of ether oxygens (including phenoxy) is 2. The fourth-order valence-corrected chi connectivity index (χ4v) is 2.71. The number of alkyl halides is 1. The topological polar surface area (TPSA) is 49.2 Å². The van der Waals surface area contributed by atoms with Crippen LogP contribution in [0.4, 0.5) is 0 Å². The van der Waals surface area contributed by atoms with Crippen LogP contribution in [0.15, 0.2) is 12.1 Å². The van der Waals surface area contributed by atoms with Gasteiger partial charge in [-0.05, 0) is 18.9 Å². The predicted octanol–water partition coefficient (Wildman–Crippen LogP) is 2.53. The fourth-order valence-electron chi connectivity index (χ4n) is 2.52. The zero-order valence-electron chi connectivity index (χ0n) is 10.8. The van der Waals surface area contributed by atoms with Crippen molar-refractivity contribution in [3.63, 3.8) is 0 Å². The van der Waals surface area contributed by atoms with Gasteiger partial charge in [0.2, 0.25) is 5.88 Å². The Hall–Kier alpha value is -1.33. The number of imidazole rings is 1. The number of pyridine rings is 1. The van der Waals surface area contributed by atoms with E-state index in [1.165, 1.54) is 0 Å². The summed E-state index contributed by atoms with van der Waals surface area (Å²) >= 11 is 6.01. The number of aromatic nitrogens is 3. The number of hydrogen-bond donors (Lipinski definition) is 0. The highest BCUT2D eigenvalue weighted by atomic mass is 35.5. The highest BCUT2D eigenvalue weighted by Gasteiger charge is 2.22. The Labute approximate surface area is 116 Å². The number of methoxy groups -OCH3 is 1. The molecular weight excluding hydrogens is 266 g/mol. The summed E-state index contributed by atoms with van der Waals surface area (Å²) in [5.41, 5.74) is 1.67. The summed E-state index contributed by atoms with van der Waals surface area (Å²) in [6, 6.07) is 3.99. The Bertz CT molecular complexity index is 579. The molecule has 0 aromatic carbocycles. The highest BCUT2D eigenvalue weighted by molar-refractivity contribution is 6.16. The van der Waals surface area contributed by atoms with E-state index in [1.54, 1.807) is 7.11 Å². The van der Waals surface area contributed by atoms with Crippen LogP contribution in [0.2, 0.25) is 0 Å². The van der Waals surface area contributed by atoms with Gasteiger partial charge in [-0.15, -0.1) is 11.6 Å². The van der Waals surface area contributed by atoms with Crippen molar-refractivity contribution >= 4 is 22.8 Å². The van der Waals surface area contributed by atoms with Crippen LogP contribution in [0.1, 0.15) is 24.7 Å². The molecule has 1 aliphatic heterocycles. The molecule has 102 valence electrons. The first-order valence-electron chi connectivity index (χ1n) is 6.39. The molecule has 3 heterocycles. The zero-order chi connectivity index (χ0) is 13.2. The summed E-state index contributed by atoms with van der Waals surface area (Å²) < 4.78 is 12.9. The predicted molar refractivity (Wildman–Crippen MR) is 72.7 cm³/mol. The van der Waals surface area contributed by atoms with Gasteiger partial charge in [0, 0.05) is 12.7 Å². The number of rotatable bonds is 3. The van der Waals surface area contributed by atoms with Crippen LogP contribution >= 0.6 is 11.6 Å². The van der Waals surface area contributed by atoms with Crippen molar-refractivity contribution in [2.45, 2.75) is 24.8 Å².